The Labute approximate surface area is 102 Å². The van der Waals surface area contributed by atoms with Gasteiger partial charge in [0.2, 0.25) is 0 Å². The second-order valence-corrected chi connectivity index (χ2v) is 5.00. The lowest BCUT2D eigenvalue weighted by atomic mass is 9.79. The summed E-state index contributed by atoms with van der Waals surface area (Å²) in [5.74, 6) is 1.15. The smallest absolute Gasteiger partial charge is 0.189 e. The van der Waals surface area contributed by atoms with Crippen LogP contribution in [0.5, 0.6) is 0 Å². The Kier molecular flexibility index (Phi) is 2.85. The van der Waals surface area contributed by atoms with Gasteiger partial charge in [0, 0.05) is 5.92 Å². The maximum absolute atomic E-state index is 10.1. The van der Waals surface area contributed by atoms with E-state index in [4.69, 9.17) is 0 Å². The van der Waals surface area contributed by atoms with Crippen molar-refractivity contribution >= 4 is 11.6 Å². The second kappa shape index (κ2) is 4.49. The van der Waals surface area contributed by atoms with Gasteiger partial charge >= 0.3 is 0 Å². The molecule has 1 aromatic rings. The summed E-state index contributed by atoms with van der Waals surface area (Å²) < 4.78 is 0. The number of benzene rings is 1. The molecule has 2 N–H and O–H groups in total. The minimum Gasteiger partial charge on any atom is -0.496 e. The van der Waals surface area contributed by atoms with Crippen molar-refractivity contribution < 1.29 is 5.11 Å². The SMILES string of the molecule is OC1=Nc2ccccc2CC1C1CCNCC1. The molecular weight excluding hydrogens is 212 g/mol. The standard InChI is InChI=1S/C14H18N2O/c17-14-12(10-5-7-15-8-6-10)9-11-3-1-2-4-13(11)16-14/h1-4,10,12,15H,5-9H2,(H,16,17). The van der Waals surface area contributed by atoms with Crippen molar-refractivity contribution in [3.63, 3.8) is 0 Å². The van der Waals surface area contributed by atoms with Gasteiger partial charge in [0.1, 0.15) is 0 Å². The highest BCUT2D eigenvalue weighted by molar-refractivity contribution is 5.83. The van der Waals surface area contributed by atoms with E-state index in [0.29, 0.717) is 11.8 Å². The summed E-state index contributed by atoms with van der Waals surface area (Å²) in [6.07, 6.45) is 3.23. The molecule has 2 aliphatic rings. The molecule has 0 aromatic heterocycles. The number of rotatable bonds is 1. The summed E-state index contributed by atoms with van der Waals surface area (Å²) in [7, 11) is 0. The quantitative estimate of drug-likeness (QED) is 0.778. The van der Waals surface area contributed by atoms with Crippen molar-refractivity contribution in [1.82, 2.24) is 5.32 Å². The zero-order valence-electron chi connectivity index (χ0n) is 9.89. The molecule has 90 valence electrons. The van der Waals surface area contributed by atoms with Crippen molar-refractivity contribution in [3.05, 3.63) is 29.8 Å². The average Bonchev–Trinajstić information content (AvgIpc) is 2.39. The maximum Gasteiger partial charge on any atom is 0.189 e. The second-order valence-electron chi connectivity index (χ2n) is 5.00. The summed E-state index contributed by atoms with van der Waals surface area (Å²) >= 11 is 0. The highest BCUT2D eigenvalue weighted by atomic mass is 16.3. The fourth-order valence-corrected chi connectivity index (χ4v) is 2.95. The van der Waals surface area contributed by atoms with E-state index in [1.807, 2.05) is 12.1 Å². The first-order valence-electron chi connectivity index (χ1n) is 6.41. The Morgan fingerprint density at radius 3 is 2.76 bits per heavy atom. The van der Waals surface area contributed by atoms with Crippen LogP contribution in [0, 0.1) is 11.8 Å². The molecule has 2 heterocycles. The first-order valence-corrected chi connectivity index (χ1v) is 6.41. The molecule has 1 saturated heterocycles. The Morgan fingerprint density at radius 1 is 1.18 bits per heavy atom. The van der Waals surface area contributed by atoms with E-state index >= 15 is 0 Å². The van der Waals surface area contributed by atoms with Gasteiger partial charge < -0.3 is 10.4 Å². The number of piperidine rings is 1. The van der Waals surface area contributed by atoms with Crippen LogP contribution >= 0.6 is 0 Å². The molecule has 1 atom stereocenters. The Balaban J connectivity index is 1.85. The minimum absolute atomic E-state index is 0.229. The molecule has 3 nitrogen and oxygen atoms in total. The topological polar surface area (TPSA) is 44.6 Å². The van der Waals surface area contributed by atoms with Crippen LogP contribution in [0.2, 0.25) is 0 Å². The van der Waals surface area contributed by atoms with E-state index < -0.39 is 0 Å². The van der Waals surface area contributed by atoms with Crippen LogP contribution in [-0.4, -0.2) is 24.1 Å². The molecule has 0 bridgehead atoms. The number of aliphatic imine (C=N–C) groups is 1. The zero-order chi connectivity index (χ0) is 11.7. The van der Waals surface area contributed by atoms with Crippen LogP contribution in [0.4, 0.5) is 5.69 Å². The fraction of sp³-hybridized carbons (Fsp3) is 0.500. The van der Waals surface area contributed by atoms with Crippen LogP contribution in [0.1, 0.15) is 18.4 Å². The summed E-state index contributed by atoms with van der Waals surface area (Å²) in [6, 6.07) is 8.13. The number of fused-ring (bicyclic) bond motifs is 1. The van der Waals surface area contributed by atoms with Crippen molar-refractivity contribution in [2.45, 2.75) is 19.3 Å². The van der Waals surface area contributed by atoms with Crippen LogP contribution < -0.4 is 5.32 Å². The average molecular weight is 230 g/mol. The molecule has 3 heteroatoms. The number of nitrogens with zero attached hydrogens (tertiary/aromatic N) is 1. The van der Waals surface area contributed by atoms with Crippen LogP contribution in [0.15, 0.2) is 29.3 Å². The van der Waals surface area contributed by atoms with Gasteiger partial charge in [0.15, 0.2) is 5.90 Å². The van der Waals surface area contributed by atoms with Crippen molar-refractivity contribution in [2.75, 3.05) is 13.1 Å². The van der Waals surface area contributed by atoms with E-state index in [9.17, 15) is 5.11 Å². The molecule has 0 aliphatic carbocycles. The number of hydrogen-bond donors (Lipinski definition) is 2. The Morgan fingerprint density at radius 2 is 1.94 bits per heavy atom. The lowest BCUT2D eigenvalue weighted by molar-refractivity contribution is 0.284. The van der Waals surface area contributed by atoms with Crippen molar-refractivity contribution in [2.24, 2.45) is 16.8 Å². The molecule has 0 radical (unpaired) electrons. The van der Waals surface area contributed by atoms with Gasteiger partial charge in [-0.3, -0.25) is 0 Å². The van der Waals surface area contributed by atoms with Crippen LogP contribution in [0.25, 0.3) is 0 Å². The van der Waals surface area contributed by atoms with E-state index in [0.717, 1.165) is 38.0 Å². The number of hydrogen-bond acceptors (Lipinski definition) is 2. The molecule has 1 fully saturated rings. The number of para-hydroxylation sites is 1. The molecule has 2 aliphatic heterocycles. The molecule has 0 amide bonds. The normalized spacial score (nSPS) is 25.2. The molecule has 1 aromatic carbocycles. The summed E-state index contributed by atoms with van der Waals surface area (Å²) in [5, 5.41) is 13.5. The summed E-state index contributed by atoms with van der Waals surface area (Å²) in [6.45, 7) is 2.13. The van der Waals surface area contributed by atoms with E-state index in [1.54, 1.807) is 0 Å². The Hall–Kier alpha value is -1.35. The van der Waals surface area contributed by atoms with E-state index in [2.05, 4.69) is 22.4 Å². The summed E-state index contributed by atoms with van der Waals surface area (Å²) in [4.78, 5) is 4.35. The molecule has 1 unspecified atom stereocenters. The molecular formula is C14H18N2O. The van der Waals surface area contributed by atoms with Gasteiger partial charge in [-0.25, -0.2) is 4.99 Å². The predicted octanol–water partition coefficient (Wildman–Crippen LogP) is 2.45. The van der Waals surface area contributed by atoms with Gasteiger partial charge in [0.05, 0.1) is 5.69 Å². The minimum atomic E-state index is 0.229. The number of aliphatic hydroxyl groups excluding tert-OH is 1. The monoisotopic (exact) mass is 230 g/mol. The van der Waals surface area contributed by atoms with Gasteiger partial charge in [-0.1, -0.05) is 18.2 Å². The molecule has 17 heavy (non-hydrogen) atoms. The van der Waals surface area contributed by atoms with E-state index in [1.165, 1.54) is 5.56 Å². The third kappa shape index (κ3) is 2.07. The first-order chi connectivity index (χ1) is 8.34. The van der Waals surface area contributed by atoms with Gasteiger partial charge in [-0.2, -0.15) is 0 Å². The predicted molar refractivity (Wildman–Crippen MR) is 69.0 cm³/mol. The van der Waals surface area contributed by atoms with E-state index in [-0.39, 0.29) is 5.92 Å². The third-order valence-corrected chi connectivity index (χ3v) is 3.95. The van der Waals surface area contributed by atoms with Crippen molar-refractivity contribution in [1.29, 1.82) is 0 Å². The lowest BCUT2D eigenvalue weighted by Gasteiger charge is -2.31. The maximum atomic E-state index is 10.1. The van der Waals surface area contributed by atoms with Gasteiger partial charge in [-0.05, 0) is 49.9 Å². The lowest BCUT2D eigenvalue weighted by Crippen LogP contribution is -2.36. The highest BCUT2D eigenvalue weighted by Gasteiger charge is 2.31. The summed E-state index contributed by atoms with van der Waals surface area (Å²) in [5.41, 5.74) is 2.21. The first kappa shape index (κ1) is 10.8. The largest absolute Gasteiger partial charge is 0.496 e. The molecule has 0 saturated carbocycles. The van der Waals surface area contributed by atoms with Crippen LogP contribution in [0.3, 0.4) is 0 Å². The van der Waals surface area contributed by atoms with Crippen LogP contribution in [-0.2, 0) is 6.42 Å². The van der Waals surface area contributed by atoms with Gasteiger partial charge in [-0.15, -0.1) is 0 Å². The molecule has 3 rings (SSSR count). The van der Waals surface area contributed by atoms with Gasteiger partial charge in [0.25, 0.3) is 0 Å². The zero-order valence-corrected chi connectivity index (χ0v) is 9.89. The number of aliphatic hydroxyl groups is 1. The Bertz CT molecular complexity index is 436. The number of nitrogens with one attached hydrogen (secondary N) is 1. The van der Waals surface area contributed by atoms with Crippen molar-refractivity contribution in [3.8, 4) is 0 Å². The molecule has 0 spiro atoms. The third-order valence-electron chi connectivity index (χ3n) is 3.95. The fourth-order valence-electron chi connectivity index (χ4n) is 2.95. The highest BCUT2D eigenvalue weighted by Crippen LogP contribution is 2.34.